The number of aromatic nitrogens is 2. The Morgan fingerprint density at radius 2 is 1.61 bits per heavy atom. The maximum atomic E-state index is 13.1. The summed E-state index contributed by atoms with van der Waals surface area (Å²) < 4.78 is 13.1. The Morgan fingerprint density at radius 1 is 0.903 bits per heavy atom. The Labute approximate surface area is 184 Å². The molecule has 2 fully saturated rings. The van der Waals surface area contributed by atoms with Gasteiger partial charge in [-0.05, 0) is 35.7 Å². The number of benzene rings is 1. The minimum Gasteiger partial charge on any atom is -0.368 e. The number of rotatable bonds is 4. The predicted molar refractivity (Wildman–Crippen MR) is 121 cm³/mol. The minimum absolute atomic E-state index is 0.189. The second kappa shape index (κ2) is 8.76. The molecule has 5 rings (SSSR count). The monoisotopic (exact) mass is 440 g/mol. The van der Waals surface area contributed by atoms with E-state index in [4.69, 9.17) is 0 Å². The van der Waals surface area contributed by atoms with Crippen molar-refractivity contribution in [1.82, 2.24) is 19.8 Å². The lowest BCUT2D eigenvalue weighted by molar-refractivity contribution is -0.132. The van der Waals surface area contributed by atoms with Crippen LogP contribution in [-0.2, 0) is 4.79 Å². The van der Waals surface area contributed by atoms with Gasteiger partial charge in [-0.15, -0.1) is 11.3 Å². The highest BCUT2D eigenvalue weighted by molar-refractivity contribution is 7.16. The zero-order chi connectivity index (χ0) is 21.2. The van der Waals surface area contributed by atoms with E-state index in [0.717, 1.165) is 61.0 Å². The molecule has 1 aromatic carbocycles. The Bertz CT molecular complexity index is 1040. The Morgan fingerprint density at radius 3 is 2.35 bits per heavy atom. The molecular formula is C22H25FN6OS. The quantitative estimate of drug-likeness (QED) is 0.621. The van der Waals surface area contributed by atoms with Crippen molar-refractivity contribution in [2.45, 2.75) is 0 Å². The summed E-state index contributed by atoms with van der Waals surface area (Å²) in [7, 11) is 0. The van der Waals surface area contributed by atoms with Crippen molar-refractivity contribution in [1.29, 1.82) is 0 Å². The highest BCUT2D eigenvalue weighted by Crippen LogP contribution is 2.27. The molecule has 2 aromatic heterocycles. The van der Waals surface area contributed by atoms with E-state index >= 15 is 0 Å². The van der Waals surface area contributed by atoms with E-state index in [0.29, 0.717) is 19.6 Å². The fraction of sp³-hybridized carbons (Fsp3) is 0.409. The van der Waals surface area contributed by atoms with Gasteiger partial charge in [-0.3, -0.25) is 9.69 Å². The molecule has 0 spiro atoms. The molecule has 2 saturated heterocycles. The average molecular weight is 441 g/mol. The van der Waals surface area contributed by atoms with E-state index in [9.17, 15) is 9.18 Å². The molecule has 1 amide bonds. The summed E-state index contributed by atoms with van der Waals surface area (Å²) in [5.41, 5.74) is 1.01. The highest BCUT2D eigenvalue weighted by atomic mass is 32.1. The van der Waals surface area contributed by atoms with Crippen molar-refractivity contribution in [3.05, 3.63) is 47.9 Å². The van der Waals surface area contributed by atoms with E-state index in [1.165, 1.54) is 12.1 Å². The van der Waals surface area contributed by atoms with Crippen molar-refractivity contribution in [3.8, 4) is 0 Å². The summed E-state index contributed by atoms with van der Waals surface area (Å²) >= 11 is 1.63. The fourth-order valence-corrected chi connectivity index (χ4v) is 5.03. The third-order valence-corrected chi connectivity index (χ3v) is 6.92. The van der Waals surface area contributed by atoms with Crippen molar-refractivity contribution in [3.63, 3.8) is 0 Å². The van der Waals surface area contributed by atoms with Crippen LogP contribution in [0.1, 0.15) is 0 Å². The third-order valence-electron chi connectivity index (χ3n) is 6.10. The van der Waals surface area contributed by atoms with Crippen molar-refractivity contribution < 1.29 is 9.18 Å². The zero-order valence-electron chi connectivity index (χ0n) is 17.3. The van der Waals surface area contributed by atoms with E-state index in [1.807, 2.05) is 10.3 Å². The summed E-state index contributed by atoms with van der Waals surface area (Å²) in [6, 6.07) is 8.65. The second-order valence-corrected chi connectivity index (χ2v) is 8.84. The van der Waals surface area contributed by atoms with Crippen LogP contribution in [0, 0.1) is 5.82 Å². The van der Waals surface area contributed by atoms with Gasteiger partial charge in [0.1, 0.15) is 22.8 Å². The molecule has 7 nitrogen and oxygen atoms in total. The van der Waals surface area contributed by atoms with Gasteiger partial charge >= 0.3 is 0 Å². The van der Waals surface area contributed by atoms with E-state index in [-0.39, 0.29) is 11.7 Å². The number of carbonyl (C=O) groups excluding carboxylic acids is 1. The lowest BCUT2D eigenvalue weighted by Gasteiger charge is -2.39. The molecule has 0 radical (unpaired) electrons. The maximum absolute atomic E-state index is 13.1. The molecule has 0 atom stereocenters. The normalized spacial score (nSPS) is 18.0. The molecule has 0 aliphatic carbocycles. The number of thiophene rings is 1. The van der Waals surface area contributed by atoms with Crippen LogP contribution in [0.5, 0.6) is 0 Å². The van der Waals surface area contributed by atoms with Gasteiger partial charge in [0, 0.05) is 58.0 Å². The van der Waals surface area contributed by atoms with Crippen molar-refractivity contribution in [2.24, 2.45) is 0 Å². The van der Waals surface area contributed by atoms with Gasteiger partial charge in [0.2, 0.25) is 5.91 Å². The Hall–Kier alpha value is -2.78. The van der Waals surface area contributed by atoms with E-state index in [2.05, 4.69) is 30.7 Å². The number of fused-ring (bicyclic) bond motifs is 1. The third kappa shape index (κ3) is 4.33. The Balaban J connectivity index is 1.11. The molecule has 0 unspecified atom stereocenters. The SMILES string of the molecule is O=C(CN1CCN(c2ncnc3sccc23)CC1)N1CCN(c2ccc(F)cc2)CC1. The minimum atomic E-state index is -0.225. The largest absolute Gasteiger partial charge is 0.368 e. The molecule has 2 aliphatic rings. The summed E-state index contributed by atoms with van der Waals surface area (Å²) in [5.74, 6) is 0.959. The first-order chi connectivity index (χ1) is 15.2. The second-order valence-electron chi connectivity index (χ2n) is 7.94. The van der Waals surface area contributed by atoms with Gasteiger partial charge in [-0.25, -0.2) is 14.4 Å². The smallest absolute Gasteiger partial charge is 0.236 e. The zero-order valence-corrected chi connectivity index (χ0v) is 18.1. The summed E-state index contributed by atoms with van der Waals surface area (Å²) in [6.45, 7) is 6.81. The predicted octanol–water partition coefficient (Wildman–Crippen LogP) is 2.30. The average Bonchev–Trinajstić information content (AvgIpc) is 3.29. The molecular weight excluding hydrogens is 415 g/mol. The van der Waals surface area contributed by atoms with Crippen LogP contribution < -0.4 is 9.80 Å². The van der Waals surface area contributed by atoms with Gasteiger partial charge in [0.25, 0.3) is 0 Å². The molecule has 4 heterocycles. The van der Waals surface area contributed by atoms with Crippen LogP contribution in [-0.4, -0.2) is 84.6 Å². The van der Waals surface area contributed by atoms with Crippen molar-refractivity contribution in [2.75, 3.05) is 68.7 Å². The lowest BCUT2D eigenvalue weighted by Crippen LogP contribution is -2.54. The van der Waals surface area contributed by atoms with Crippen LogP contribution in [0.25, 0.3) is 10.2 Å². The number of hydrogen-bond acceptors (Lipinski definition) is 7. The number of halogens is 1. The molecule has 31 heavy (non-hydrogen) atoms. The van der Waals surface area contributed by atoms with Gasteiger partial charge in [-0.2, -0.15) is 0 Å². The number of nitrogens with zero attached hydrogens (tertiary/aromatic N) is 6. The van der Waals surface area contributed by atoms with Crippen LogP contribution >= 0.6 is 11.3 Å². The molecule has 0 bridgehead atoms. The number of piperazine rings is 2. The number of amides is 1. The molecule has 2 aliphatic heterocycles. The van der Waals surface area contributed by atoms with E-state index in [1.54, 1.807) is 29.8 Å². The molecule has 0 saturated carbocycles. The molecule has 9 heteroatoms. The van der Waals surface area contributed by atoms with Gasteiger partial charge < -0.3 is 14.7 Å². The van der Waals surface area contributed by atoms with Crippen LogP contribution in [0.15, 0.2) is 42.0 Å². The molecule has 0 N–H and O–H groups in total. The number of carbonyl (C=O) groups is 1. The first kappa shape index (κ1) is 20.1. The first-order valence-electron chi connectivity index (χ1n) is 10.6. The summed E-state index contributed by atoms with van der Waals surface area (Å²) in [5, 5.41) is 3.16. The van der Waals surface area contributed by atoms with Gasteiger partial charge in [0.15, 0.2) is 0 Å². The van der Waals surface area contributed by atoms with Gasteiger partial charge in [-0.1, -0.05) is 0 Å². The maximum Gasteiger partial charge on any atom is 0.236 e. The summed E-state index contributed by atoms with van der Waals surface area (Å²) in [4.78, 5) is 31.4. The van der Waals surface area contributed by atoms with Crippen molar-refractivity contribution >= 4 is 39.0 Å². The van der Waals surface area contributed by atoms with E-state index < -0.39 is 0 Å². The Kier molecular flexibility index (Phi) is 5.69. The fourth-order valence-electron chi connectivity index (χ4n) is 4.30. The van der Waals surface area contributed by atoms with Crippen LogP contribution in [0.2, 0.25) is 0 Å². The standard InChI is InChI=1S/C22H25FN6OS/c23-17-1-3-18(4-2-17)27-10-12-28(13-11-27)20(30)15-26-6-8-29(9-7-26)21-19-5-14-31-22(19)25-16-24-21/h1-5,14,16H,6-13,15H2. The summed E-state index contributed by atoms with van der Waals surface area (Å²) in [6.07, 6.45) is 1.63. The number of anilines is 2. The topological polar surface area (TPSA) is 55.8 Å². The first-order valence-corrected chi connectivity index (χ1v) is 11.5. The van der Waals surface area contributed by atoms with Crippen LogP contribution in [0.3, 0.4) is 0 Å². The lowest BCUT2D eigenvalue weighted by atomic mass is 10.2. The highest BCUT2D eigenvalue weighted by Gasteiger charge is 2.26. The van der Waals surface area contributed by atoms with Crippen LogP contribution in [0.4, 0.5) is 15.9 Å². The van der Waals surface area contributed by atoms with Gasteiger partial charge in [0.05, 0.1) is 11.9 Å². The molecule has 3 aromatic rings. The number of hydrogen-bond donors (Lipinski definition) is 0. The molecule has 162 valence electrons.